The van der Waals surface area contributed by atoms with Crippen LogP contribution >= 0.6 is 0 Å². The Kier molecular flexibility index (Phi) is 9.84. The minimum Gasteiger partial charge on any atom is -0.505 e. The molecule has 50 heavy (non-hydrogen) atoms. The number of imidazole rings is 1. The number of benzene rings is 2. The van der Waals surface area contributed by atoms with Gasteiger partial charge < -0.3 is 40.2 Å². The number of carbonyl (C=O) groups is 3. The first-order valence-electron chi connectivity index (χ1n) is 16.0. The van der Waals surface area contributed by atoms with Crippen molar-refractivity contribution in [1.29, 1.82) is 0 Å². The Labute approximate surface area is 283 Å². The minimum atomic E-state index is -2.27. The number of nitrogens with zero attached hydrogens (tertiary/aromatic N) is 4. The number of carboxylic acids is 2. The van der Waals surface area contributed by atoms with Crippen molar-refractivity contribution >= 4 is 28.7 Å². The zero-order valence-corrected chi connectivity index (χ0v) is 26.9. The number of phenols is 1. The number of aromatic nitrogens is 4. The molecule has 0 aliphatic carbocycles. The number of aliphatic carboxylic acids is 2. The molecule has 7 N–H and O–H groups in total. The fourth-order valence-electron chi connectivity index (χ4n) is 6.69. The Hall–Kier alpha value is -4.97. The largest absolute Gasteiger partial charge is 0.505 e. The monoisotopic (exact) mass is 698 g/mol. The number of fused-ring (bicyclic) bond motifs is 3. The summed E-state index contributed by atoms with van der Waals surface area (Å²) in [6.07, 6.45) is -3.35. The van der Waals surface area contributed by atoms with Crippen LogP contribution < -0.4 is 0 Å². The highest BCUT2D eigenvalue weighted by Crippen LogP contribution is 2.36. The van der Waals surface area contributed by atoms with Gasteiger partial charge in [-0.3, -0.25) is 14.8 Å². The van der Waals surface area contributed by atoms with E-state index >= 15 is 4.39 Å². The second-order valence-corrected chi connectivity index (χ2v) is 12.7. The summed E-state index contributed by atoms with van der Waals surface area (Å²) >= 11 is 0. The number of halogens is 2. The fourth-order valence-corrected chi connectivity index (χ4v) is 6.69. The summed E-state index contributed by atoms with van der Waals surface area (Å²) in [7, 11) is 0. The summed E-state index contributed by atoms with van der Waals surface area (Å²) in [5.41, 5.74) is 4.19. The maximum Gasteiger partial charge on any atom is 0.335 e. The molecule has 266 valence electrons. The average Bonchev–Trinajstić information content (AvgIpc) is 3.88. The van der Waals surface area contributed by atoms with Crippen molar-refractivity contribution in [1.82, 2.24) is 30.0 Å². The number of aromatic amines is 2. The van der Waals surface area contributed by atoms with E-state index in [1.807, 2.05) is 11.8 Å². The molecule has 17 heteroatoms. The summed E-state index contributed by atoms with van der Waals surface area (Å²) < 4.78 is 35.2. The third-order valence-corrected chi connectivity index (χ3v) is 9.37. The normalized spacial score (nSPS) is 19.8. The fraction of sp³-hybridized carbons (Fsp3) is 0.424. The molecule has 1 amide bonds. The second-order valence-electron chi connectivity index (χ2n) is 12.7. The number of amides is 1. The average molecular weight is 699 g/mol. The van der Waals surface area contributed by atoms with Gasteiger partial charge in [-0.15, -0.1) is 0 Å². The van der Waals surface area contributed by atoms with Gasteiger partial charge in [0.1, 0.15) is 11.5 Å². The number of carbonyl (C=O) groups excluding carboxylic acids is 1. The van der Waals surface area contributed by atoms with Crippen molar-refractivity contribution in [2.45, 2.75) is 38.5 Å². The van der Waals surface area contributed by atoms with Crippen LogP contribution in [-0.4, -0.2) is 125 Å². The van der Waals surface area contributed by atoms with Crippen LogP contribution in [0.2, 0.25) is 0 Å². The minimum absolute atomic E-state index is 0.0944. The molecule has 15 nitrogen and oxygen atoms in total. The summed E-state index contributed by atoms with van der Waals surface area (Å²) in [5.74, 6) is -3.64. The molecule has 2 fully saturated rings. The number of aliphatic hydroxyl groups is 2. The van der Waals surface area contributed by atoms with Crippen molar-refractivity contribution in [2.75, 3.05) is 39.4 Å². The van der Waals surface area contributed by atoms with Crippen LogP contribution in [0.15, 0.2) is 24.3 Å². The lowest BCUT2D eigenvalue weighted by atomic mass is 9.96. The van der Waals surface area contributed by atoms with Gasteiger partial charge in [-0.2, -0.15) is 5.10 Å². The Morgan fingerprint density at radius 2 is 1.70 bits per heavy atom. The first kappa shape index (κ1) is 34.9. The number of carboxylic acid groups (broad SMARTS) is 2. The quantitative estimate of drug-likeness (QED) is 0.139. The third-order valence-electron chi connectivity index (χ3n) is 9.37. The van der Waals surface area contributed by atoms with Crippen molar-refractivity contribution < 1.29 is 53.4 Å². The van der Waals surface area contributed by atoms with E-state index in [9.17, 15) is 23.9 Å². The Morgan fingerprint density at radius 1 is 1.02 bits per heavy atom. The lowest BCUT2D eigenvalue weighted by molar-refractivity contribution is -0.165. The van der Waals surface area contributed by atoms with Crippen molar-refractivity contribution in [3.05, 3.63) is 52.9 Å². The van der Waals surface area contributed by atoms with Gasteiger partial charge in [0.05, 0.1) is 42.9 Å². The molecule has 2 aromatic heterocycles. The molecular formula is C33H36F2N6O9. The summed E-state index contributed by atoms with van der Waals surface area (Å²) in [6.45, 7) is 6.68. The SMILES string of the molecule is CCc1cc(O)c(F)cc1-c1cc(F)c2c(-c3nc4c([nH]3)CCN(C(=O)CN3C[C@H]5COC[C@H]5C3)C4)n[nH]c2c1.O=C(O)[C@H](O)[C@@H](O)C(=O)O. The second kappa shape index (κ2) is 14.1. The molecule has 2 aromatic carbocycles. The molecule has 0 saturated carbocycles. The van der Waals surface area contributed by atoms with Gasteiger partial charge >= 0.3 is 11.9 Å². The predicted molar refractivity (Wildman–Crippen MR) is 171 cm³/mol. The van der Waals surface area contributed by atoms with Crippen molar-refractivity contribution in [3.63, 3.8) is 0 Å². The maximum atomic E-state index is 15.5. The van der Waals surface area contributed by atoms with Gasteiger partial charge in [-0.05, 0) is 47.4 Å². The number of hydrogen-bond acceptors (Lipinski definition) is 10. The number of hydrogen-bond donors (Lipinski definition) is 7. The highest BCUT2D eigenvalue weighted by molar-refractivity contribution is 5.95. The first-order valence-corrected chi connectivity index (χ1v) is 16.0. The number of ether oxygens (including phenoxy) is 1. The van der Waals surface area contributed by atoms with Crippen LogP contribution in [0.1, 0.15) is 23.9 Å². The number of aliphatic hydroxyl groups excluding tert-OH is 2. The smallest absolute Gasteiger partial charge is 0.335 e. The molecular weight excluding hydrogens is 662 g/mol. The molecule has 0 unspecified atom stereocenters. The van der Waals surface area contributed by atoms with E-state index in [4.69, 9.17) is 30.1 Å². The molecule has 0 radical (unpaired) electrons. The Morgan fingerprint density at radius 3 is 2.34 bits per heavy atom. The van der Waals surface area contributed by atoms with Crippen LogP contribution in [0, 0.1) is 23.5 Å². The Bertz CT molecular complexity index is 1920. The van der Waals surface area contributed by atoms with Gasteiger partial charge in [-0.1, -0.05) is 6.92 Å². The van der Waals surface area contributed by atoms with Gasteiger partial charge in [0.25, 0.3) is 0 Å². The third kappa shape index (κ3) is 6.89. The highest BCUT2D eigenvalue weighted by Gasteiger charge is 2.38. The summed E-state index contributed by atoms with van der Waals surface area (Å²) in [4.78, 5) is 44.7. The van der Waals surface area contributed by atoms with E-state index in [1.165, 1.54) is 18.2 Å². The van der Waals surface area contributed by atoms with Crippen LogP contribution in [-0.2, 0) is 38.5 Å². The lowest BCUT2D eigenvalue weighted by Crippen LogP contribution is -2.42. The first-order chi connectivity index (χ1) is 23.8. The molecule has 0 spiro atoms. The Balaban J connectivity index is 0.000000379. The van der Waals surface area contributed by atoms with Crippen LogP contribution in [0.5, 0.6) is 5.75 Å². The molecule has 3 aliphatic rings. The van der Waals surface area contributed by atoms with E-state index in [0.29, 0.717) is 78.0 Å². The number of rotatable bonds is 8. The molecule has 4 aromatic rings. The van der Waals surface area contributed by atoms with E-state index in [1.54, 1.807) is 6.07 Å². The van der Waals surface area contributed by atoms with Crippen LogP contribution in [0.4, 0.5) is 8.78 Å². The highest BCUT2D eigenvalue weighted by atomic mass is 19.1. The molecule has 5 heterocycles. The molecule has 2 saturated heterocycles. The van der Waals surface area contributed by atoms with E-state index < -0.39 is 41.5 Å². The van der Waals surface area contributed by atoms with E-state index in [-0.39, 0.29) is 11.3 Å². The van der Waals surface area contributed by atoms with Gasteiger partial charge in [0.2, 0.25) is 5.91 Å². The maximum absolute atomic E-state index is 15.5. The lowest BCUT2D eigenvalue weighted by Gasteiger charge is -2.28. The van der Waals surface area contributed by atoms with E-state index in [0.717, 1.165) is 37.7 Å². The van der Waals surface area contributed by atoms with Crippen molar-refractivity contribution in [2.24, 2.45) is 11.8 Å². The topological polar surface area (TPSA) is 225 Å². The molecule has 0 bridgehead atoms. The van der Waals surface area contributed by atoms with Gasteiger partial charge in [0.15, 0.2) is 29.6 Å². The van der Waals surface area contributed by atoms with Crippen LogP contribution in [0.3, 0.4) is 0 Å². The molecule has 7 rings (SSSR count). The van der Waals surface area contributed by atoms with Crippen LogP contribution in [0.25, 0.3) is 33.5 Å². The zero-order chi connectivity index (χ0) is 35.9. The number of phenolic OH excluding ortho intramolecular Hbond substituents is 1. The zero-order valence-electron chi connectivity index (χ0n) is 26.9. The molecule has 3 aliphatic heterocycles. The van der Waals surface area contributed by atoms with Crippen molar-refractivity contribution in [3.8, 4) is 28.4 Å². The number of likely N-dealkylation sites (tertiary alicyclic amines) is 1. The van der Waals surface area contributed by atoms with Gasteiger partial charge in [-0.25, -0.2) is 23.4 Å². The summed E-state index contributed by atoms with van der Waals surface area (Å²) in [6, 6.07) is 5.68. The predicted octanol–water partition coefficient (Wildman–Crippen LogP) is 1.51. The standard InChI is InChI=1S/C29H30F2N6O3.C4H6O6/c1-2-15-7-25(38)20(30)8-19(15)16-5-21(31)27-23(6-16)34-35-28(27)29-32-22-3-4-37(11-24(22)33-29)26(39)12-36-9-17-13-40-14-18(17)10-36;5-1(3(7)8)2(6)4(9)10/h5-8,17-18,38H,2-4,9-14H2,1H3,(H,32,33)(H,34,35);1-2,5-6H,(H,7,8)(H,9,10)/t17-,18+;1-,2-/m.1/s1. The van der Waals surface area contributed by atoms with E-state index in [2.05, 4.69) is 20.1 Å². The number of aryl methyl sites for hydroxylation is 1. The number of nitrogens with one attached hydrogen (secondary N) is 2. The number of H-pyrrole nitrogens is 2. The molecule has 4 atom stereocenters. The number of aromatic hydroxyl groups is 1. The summed E-state index contributed by atoms with van der Waals surface area (Å²) in [5, 5.41) is 49.8. The van der Waals surface area contributed by atoms with Gasteiger partial charge in [0, 0.05) is 43.6 Å².